The van der Waals surface area contributed by atoms with Gasteiger partial charge in [-0.05, 0) is 38.0 Å². The predicted octanol–water partition coefficient (Wildman–Crippen LogP) is 3.74. The lowest BCUT2D eigenvalue weighted by Crippen LogP contribution is -1.93. The van der Waals surface area contributed by atoms with Gasteiger partial charge in [-0.3, -0.25) is 0 Å². The molecule has 1 aromatic carbocycles. The van der Waals surface area contributed by atoms with Crippen molar-refractivity contribution < 1.29 is 9.52 Å². The third kappa shape index (κ3) is 2.17. The van der Waals surface area contributed by atoms with Crippen molar-refractivity contribution in [2.45, 2.75) is 25.9 Å². The molecule has 1 heterocycles. The number of furan rings is 1. The molecular weight excluding hydrogens is 200 g/mol. The first-order chi connectivity index (χ1) is 7.70. The summed E-state index contributed by atoms with van der Waals surface area (Å²) in [6.45, 7) is 5.68. The lowest BCUT2D eigenvalue weighted by Gasteiger charge is -2.04. The number of benzene rings is 1. The number of aliphatic hydroxyl groups excluding tert-OH is 1. The van der Waals surface area contributed by atoms with Crippen LogP contribution in [0.2, 0.25) is 0 Å². The lowest BCUT2D eigenvalue weighted by atomic mass is 10.1. The minimum absolute atomic E-state index is 0.536. The maximum Gasteiger partial charge on any atom is 0.134 e. The van der Waals surface area contributed by atoms with Crippen molar-refractivity contribution in [3.8, 4) is 0 Å². The van der Waals surface area contributed by atoms with Gasteiger partial charge >= 0.3 is 0 Å². The molecule has 0 aliphatic heterocycles. The first-order valence-electron chi connectivity index (χ1n) is 5.50. The van der Waals surface area contributed by atoms with Gasteiger partial charge in [-0.1, -0.05) is 17.7 Å². The molecule has 2 heteroatoms. The normalized spacial score (nSPS) is 12.9. The van der Waals surface area contributed by atoms with E-state index >= 15 is 0 Å². The van der Waals surface area contributed by atoms with Crippen LogP contribution >= 0.6 is 0 Å². The summed E-state index contributed by atoms with van der Waals surface area (Å²) in [5.74, 6) is 0.641. The van der Waals surface area contributed by atoms with E-state index in [1.807, 2.05) is 25.1 Å². The van der Waals surface area contributed by atoms with Gasteiger partial charge in [0, 0.05) is 5.39 Å². The highest BCUT2D eigenvalue weighted by Crippen LogP contribution is 2.27. The highest BCUT2D eigenvalue weighted by Gasteiger charge is 2.12. The second-order valence-electron chi connectivity index (χ2n) is 4.07. The number of hydrogen-bond acceptors (Lipinski definition) is 2. The fourth-order valence-electron chi connectivity index (χ4n) is 1.77. The van der Waals surface area contributed by atoms with Crippen molar-refractivity contribution in [1.29, 1.82) is 0 Å². The summed E-state index contributed by atoms with van der Waals surface area (Å²) in [5.41, 5.74) is 2.03. The van der Waals surface area contributed by atoms with E-state index in [9.17, 15) is 5.11 Å². The number of aliphatic hydroxyl groups is 1. The van der Waals surface area contributed by atoms with Crippen molar-refractivity contribution in [3.63, 3.8) is 0 Å². The highest BCUT2D eigenvalue weighted by molar-refractivity contribution is 5.78. The Morgan fingerprint density at radius 2 is 2.25 bits per heavy atom. The third-order valence-corrected chi connectivity index (χ3v) is 2.66. The van der Waals surface area contributed by atoms with Crippen molar-refractivity contribution in [3.05, 3.63) is 48.2 Å². The minimum Gasteiger partial charge on any atom is -0.458 e. The molecule has 0 aliphatic rings. The number of hydrogen-bond donors (Lipinski definition) is 1. The van der Waals surface area contributed by atoms with Gasteiger partial charge in [0.15, 0.2) is 0 Å². The van der Waals surface area contributed by atoms with E-state index in [0.717, 1.165) is 17.4 Å². The molecule has 0 fully saturated rings. The Labute approximate surface area is 95.2 Å². The quantitative estimate of drug-likeness (QED) is 0.790. The Morgan fingerprint density at radius 1 is 1.44 bits per heavy atom. The third-order valence-electron chi connectivity index (χ3n) is 2.66. The fourth-order valence-corrected chi connectivity index (χ4v) is 1.77. The van der Waals surface area contributed by atoms with E-state index in [1.54, 1.807) is 6.08 Å². The van der Waals surface area contributed by atoms with Crippen LogP contribution in [0.1, 0.15) is 30.3 Å². The van der Waals surface area contributed by atoms with Gasteiger partial charge in [-0.25, -0.2) is 0 Å². The van der Waals surface area contributed by atoms with Gasteiger partial charge in [-0.2, -0.15) is 0 Å². The molecule has 0 radical (unpaired) electrons. The van der Waals surface area contributed by atoms with Gasteiger partial charge < -0.3 is 9.52 Å². The first-order valence-corrected chi connectivity index (χ1v) is 5.50. The average molecular weight is 216 g/mol. The second-order valence-corrected chi connectivity index (χ2v) is 4.07. The molecule has 84 valence electrons. The van der Waals surface area contributed by atoms with Gasteiger partial charge in [0.25, 0.3) is 0 Å². The van der Waals surface area contributed by atoms with Crippen LogP contribution in [0.4, 0.5) is 0 Å². The molecular formula is C14H16O2. The highest BCUT2D eigenvalue weighted by atomic mass is 16.4. The monoisotopic (exact) mass is 216 g/mol. The fraction of sp³-hybridized carbons (Fsp3) is 0.286. The summed E-state index contributed by atoms with van der Waals surface area (Å²) in [4.78, 5) is 0. The van der Waals surface area contributed by atoms with Crippen LogP contribution in [0.3, 0.4) is 0 Å². The molecule has 2 nitrogen and oxygen atoms in total. The Hall–Kier alpha value is -1.54. The van der Waals surface area contributed by atoms with Crippen molar-refractivity contribution in [1.82, 2.24) is 0 Å². The van der Waals surface area contributed by atoms with E-state index < -0.39 is 6.10 Å². The molecule has 0 bridgehead atoms. The molecule has 16 heavy (non-hydrogen) atoms. The van der Waals surface area contributed by atoms with E-state index in [2.05, 4.69) is 12.6 Å². The summed E-state index contributed by atoms with van der Waals surface area (Å²) in [5, 5.41) is 10.9. The first kappa shape index (κ1) is 11.0. The maximum atomic E-state index is 9.88. The maximum absolute atomic E-state index is 9.88. The standard InChI is InChI=1S/C14H16O2/c1-3-4-5-12(15)14-9-11-8-10(2)6-7-13(11)16-14/h3,6-9,12,15H,1,4-5H2,2H3. The Kier molecular flexibility index (Phi) is 3.11. The minimum atomic E-state index is -0.536. The molecule has 0 spiro atoms. The number of aryl methyl sites for hydroxylation is 1. The van der Waals surface area contributed by atoms with Gasteiger partial charge in [0.05, 0.1) is 0 Å². The molecule has 1 aromatic heterocycles. The summed E-state index contributed by atoms with van der Waals surface area (Å²) in [6, 6.07) is 7.92. The largest absolute Gasteiger partial charge is 0.458 e. The van der Waals surface area contributed by atoms with Gasteiger partial charge in [-0.15, -0.1) is 6.58 Å². The second kappa shape index (κ2) is 4.54. The Balaban J connectivity index is 2.28. The van der Waals surface area contributed by atoms with Crippen molar-refractivity contribution in [2.75, 3.05) is 0 Å². The summed E-state index contributed by atoms with van der Waals surface area (Å²) < 4.78 is 5.60. The van der Waals surface area contributed by atoms with E-state index in [-0.39, 0.29) is 0 Å². The van der Waals surface area contributed by atoms with E-state index in [1.165, 1.54) is 5.56 Å². The molecule has 1 N–H and O–H groups in total. The SMILES string of the molecule is C=CCCC(O)c1cc2cc(C)ccc2o1. The molecule has 2 rings (SSSR count). The molecule has 0 saturated heterocycles. The number of rotatable bonds is 4. The van der Waals surface area contributed by atoms with Crippen LogP contribution in [0.15, 0.2) is 41.3 Å². The van der Waals surface area contributed by atoms with Crippen LogP contribution in [-0.4, -0.2) is 5.11 Å². The van der Waals surface area contributed by atoms with E-state index in [0.29, 0.717) is 12.2 Å². The van der Waals surface area contributed by atoms with Crippen LogP contribution < -0.4 is 0 Å². The summed E-state index contributed by atoms with van der Waals surface area (Å²) in [6.07, 6.45) is 2.71. The molecule has 0 amide bonds. The molecule has 1 atom stereocenters. The van der Waals surface area contributed by atoms with Crippen LogP contribution in [0, 0.1) is 6.92 Å². The molecule has 0 saturated carbocycles. The molecule has 2 aromatic rings. The summed E-state index contributed by atoms with van der Waals surface area (Å²) >= 11 is 0. The van der Waals surface area contributed by atoms with Gasteiger partial charge in [0.2, 0.25) is 0 Å². The zero-order valence-corrected chi connectivity index (χ0v) is 9.44. The Morgan fingerprint density at radius 3 is 3.00 bits per heavy atom. The average Bonchev–Trinajstić information content (AvgIpc) is 2.68. The number of fused-ring (bicyclic) bond motifs is 1. The predicted molar refractivity (Wildman–Crippen MR) is 65.3 cm³/mol. The van der Waals surface area contributed by atoms with Gasteiger partial charge in [0.1, 0.15) is 17.4 Å². The van der Waals surface area contributed by atoms with Crippen LogP contribution in [0.25, 0.3) is 11.0 Å². The smallest absolute Gasteiger partial charge is 0.134 e. The molecule has 0 aliphatic carbocycles. The number of allylic oxidation sites excluding steroid dienone is 1. The molecule has 1 unspecified atom stereocenters. The van der Waals surface area contributed by atoms with Crippen LogP contribution in [0.5, 0.6) is 0 Å². The van der Waals surface area contributed by atoms with E-state index in [4.69, 9.17) is 4.42 Å². The lowest BCUT2D eigenvalue weighted by molar-refractivity contribution is 0.144. The topological polar surface area (TPSA) is 33.4 Å². The summed E-state index contributed by atoms with van der Waals surface area (Å²) in [7, 11) is 0. The van der Waals surface area contributed by atoms with Crippen molar-refractivity contribution >= 4 is 11.0 Å². The zero-order chi connectivity index (χ0) is 11.5. The Bertz CT molecular complexity index is 496. The van der Waals surface area contributed by atoms with Crippen LogP contribution in [-0.2, 0) is 0 Å². The zero-order valence-electron chi connectivity index (χ0n) is 9.44. The van der Waals surface area contributed by atoms with Crippen molar-refractivity contribution in [2.24, 2.45) is 0 Å².